The van der Waals surface area contributed by atoms with Gasteiger partial charge < -0.3 is 4.74 Å². The van der Waals surface area contributed by atoms with Crippen LogP contribution < -0.4 is 14.4 Å². The Hall–Kier alpha value is -2.11. The number of hydrogen-bond donors (Lipinski definition) is 1. The number of aromatic nitrogens is 2. The average Bonchev–Trinajstić information content (AvgIpc) is 3.06. The van der Waals surface area contributed by atoms with Crippen LogP contribution in [0, 0.1) is 0 Å². The summed E-state index contributed by atoms with van der Waals surface area (Å²) >= 11 is 2.76. The highest BCUT2D eigenvalue weighted by Crippen LogP contribution is 2.26. The lowest BCUT2D eigenvalue weighted by Crippen LogP contribution is -2.30. The number of carbonyl (C=O) groups excluding carboxylic acids is 1. The van der Waals surface area contributed by atoms with E-state index in [0.29, 0.717) is 22.3 Å². The van der Waals surface area contributed by atoms with Gasteiger partial charge in [-0.25, -0.2) is 8.42 Å². The molecule has 0 fully saturated rings. The van der Waals surface area contributed by atoms with E-state index < -0.39 is 16.1 Å². The van der Waals surface area contributed by atoms with Crippen LogP contribution in [0.3, 0.4) is 0 Å². The fourth-order valence-corrected chi connectivity index (χ4v) is 3.86. The first-order valence-corrected chi connectivity index (χ1v) is 11.4. The number of anilines is 2. The summed E-state index contributed by atoms with van der Waals surface area (Å²) in [6.45, 7) is 5.25. The first kappa shape index (κ1) is 21.2. The number of rotatable bonds is 9. The van der Waals surface area contributed by atoms with Gasteiger partial charge in [0.2, 0.25) is 15.2 Å². The van der Waals surface area contributed by atoms with E-state index in [-0.39, 0.29) is 5.91 Å². The molecule has 11 heteroatoms. The van der Waals surface area contributed by atoms with Crippen LogP contribution in [0.5, 0.6) is 5.75 Å². The summed E-state index contributed by atoms with van der Waals surface area (Å²) in [5, 5.41) is 10.9. The molecule has 8 nitrogen and oxygen atoms in total. The molecule has 2 aromatic rings. The molecule has 1 atom stereocenters. The van der Waals surface area contributed by atoms with E-state index in [1.165, 1.54) is 30.1 Å². The van der Waals surface area contributed by atoms with Gasteiger partial charge in [0, 0.05) is 12.8 Å². The Labute approximate surface area is 166 Å². The molecule has 1 aromatic carbocycles. The largest absolute Gasteiger partial charge is 0.481 e. The maximum absolute atomic E-state index is 12.2. The molecule has 1 heterocycles. The molecule has 0 saturated carbocycles. The molecule has 0 saturated heterocycles. The second-order valence-electron chi connectivity index (χ2n) is 5.45. The molecule has 0 radical (unpaired) electrons. The van der Waals surface area contributed by atoms with Crippen molar-refractivity contribution in [3.63, 3.8) is 0 Å². The van der Waals surface area contributed by atoms with Crippen molar-refractivity contribution in [2.75, 3.05) is 28.7 Å². The van der Waals surface area contributed by atoms with Gasteiger partial charge in [-0.2, -0.15) is 0 Å². The lowest BCUT2D eigenvalue weighted by molar-refractivity contribution is -0.122. The van der Waals surface area contributed by atoms with Gasteiger partial charge in [-0.1, -0.05) is 29.2 Å². The maximum atomic E-state index is 12.2. The summed E-state index contributed by atoms with van der Waals surface area (Å²) in [6, 6.07) is 6.43. The van der Waals surface area contributed by atoms with Crippen molar-refractivity contribution in [3.8, 4) is 5.75 Å². The second-order valence-corrected chi connectivity index (χ2v) is 9.70. The number of sulfonamides is 1. The van der Waals surface area contributed by atoms with E-state index in [4.69, 9.17) is 4.74 Å². The number of hydrogen-bond acceptors (Lipinski definition) is 8. The molecule has 0 bridgehead atoms. The lowest BCUT2D eigenvalue weighted by Gasteiger charge is -2.18. The topological polar surface area (TPSA) is 101 Å². The van der Waals surface area contributed by atoms with Crippen LogP contribution in [-0.2, 0) is 14.8 Å². The SMILES string of the molecule is C=CCSc1nnc(NC(=O)[C@H](C)Oc2ccc(N(C)S(C)(=O)=O)cc2)s1. The number of benzene rings is 1. The van der Waals surface area contributed by atoms with Gasteiger partial charge in [-0.05, 0) is 31.2 Å². The highest BCUT2D eigenvalue weighted by molar-refractivity contribution is 8.01. The van der Waals surface area contributed by atoms with Crippen molar-refractivity contribution in [3.05, 3.63) is 36.9 Å². The van der Waals surface area contributed by atoms with Gasteiger partial charge in [0.05, 0.1) is 11.9 Å². The van der Waals surface area contributed by atoms with Gasteiger partial charge in [-0.15, -0.1) is 16.8 Å². The fraction of sp³-hybridized carbons (Fsp3) is 0.312. The van der Waals surface area contributed by atoms with Gasteiger partial charge >= 0.3 is 0 Å². The van der Waals surface area contributed by atoms with Crippen molar-refractivity contribution < 1.29 is 17.9 Å². The van der Waals surface area contributed by atoms with Crippen molar-refractivity contribution in [2.45, 2.75) is 17.4 Å². The number of thioether (sulfide) groups is 1. The van der Waals surface area contributed by atoms with Crippen molar-refractivity contribution in [1.82, 2.24) is 10.2 Å². The van der Waals surface area contributed by atoms with Gasteiger partial charge in [0.1, 0.15) is 5.75 Å². The Balaban J connectivity index is 1.94. The molecule has 0 spiro atoms. The fourth-order valence-electron chi connectivity index (χ4n) is 1.84. The Bertz CT molecular complexity index is 897. The van der Waals surface area contributed by atoms with Gasteiger partial charge in [-0.3, -0.25) is 14.4 Å². The van der Waals surface area contributed by atoms with Crippen LogP contribution in [0.2, 0.25) is 0 Å². The molecule has 0 unspecified atom stereocenters. The van der Waals surface area contributed by atoms with Crippen molar-refractivity contribution in [1.29, 1.82) is 0 Å². The molecule has 0 aliphatic carbocycles. The van der Waals surface area contributed by atoms with E-state index in [2.05, 4.69) is 22.1 Å². The standard InChI is InChI=1S/C16H20N4O4S3/c1-5-10-25-16-19-18-15(26-16)17-14(21)11(2)24-13-8-6-12(7-9-13)20(3)27(4,22)23/h5-9,11H,1,10H2,2-4H3,(H,17,18,21)/t11-/m0/s1. The van der Waals surface area contributed by atoms with Crippen LogP contribution in [0.25, 0.3) is 0 Å². The summed E-state index contributed by atoms with van der Waals surface area (Å²) < 4.78 is 30.6. The minimum absolute atomic E-state index is 0.358. The third-order valence-corrected chi connectivity index (χ3v) is 6.51. The molecular formula is C16H20N4O4S3. The minimum atomic E-state index is -3.33. The zero-order valence-electron chi connectivity index (χ0n) is 15.1. The normalized spacial score (nSPS) is 12.3. The van der Waals surface area contributed by atoms with Crippen LogP contribution in [-0.4, -0.2) is 49.7 Å². The first-order valence-electron chi connectivity index (χ1n) is 7.79. The quantitative estimate of drug-likeness (QED) is 0.372. The summed E-state index contributed by atoms with van der Waals surface area (Å²) in [4.78, 5) is 12.2. The molecule has 27 heavy (non-hydrogen) atoms. The van der Waals surface area contributed by atoms with Crippen LogP contribution in [0.15, 0.2) is 41.3 Å². The molecule has 1 aromatic heterocycles. The van der Waals surface area contributed by atoms with Crippen LogP contribution in [0.1, 0.15) is 6.92 Å². The molecule has 0 aliphatic rings. The van der Waals surface area contributed by atoms with E-state index >= 15 is 0 Å². The van der Waals surface area contributed by atoms with Gasteiger partial charge in [0.15, 0.2) is 10.4 Å². The number of nitrogens with zero attached hydrogens (tertiary/aromatic N) is 3. The third kappa shape index (κ3) is 6.22. The Morgan fingerprint density at radius 1 is 1.41 bits per heavy atom. The minimum Gasteiger partial charge on any atom is -0.481 e. The van der Waals surface area contributed by atoms with Crippen LogP contribution in [0.4, 0.5) is 10.8 Å². The average molecular weight is 429 g/mol. The Kier molecular flexibility index (Phi) is 7.22. The van der Waals surface area contributed by atoms with Gasteiger partial charge in [0.25, 0.3) is 5.91 Å². The third-order valence-electron chi connectivity index (χ3n) is 3.34. The monoisotopic (exact) mass is 428 g/mol. The maximum Gasteiger partial charge on any atom is 0.266 e. The number of nitrogens with one attached hydrogen (secondary N) is 1. The van der Waals surface area contributed by atoms with Crippen molar-refractivity contribution in [2.24, 2.45) is 0 Å². The second kappa shape index (κ2) is 9.20. The summed E-state index contributed by atoms with van der Waals surface area (Å²) in [6.07, 6.45) is 2.12. The smallest absolute Gasteiger partial charge is 0.266 e. The van der Waals surface area contributed by atoms with E-state index in [9.17, 15) is 13.2 Å². The lowest BCUT2D eigenvalue weighted by atomic mass is 10.3. The number of ether oxygens (including phenoxy) is 1. The summed E-state index contributed by atoms with van der Waals surface area (Å²) in [7, 11) is -1.87. The molecule has 1 amide bonds. The summed E-state index contributed by atoms with van der Waals surface area (Å²) in [5.41, 5.74) is 0.500. The molecule has 2 rings (SSSR count). The molecule has 1 N–H and O–H groups in total. The number of amides is 1. The Morgan fingerprint density at radius 3 is 2.67 bits per heavy atom. The predicted octanol–water partition coefficient (Wildman–Crippen LogP) is 2.62. The molecule has 0 aliphatic heterocycles. The highest BCUT2D eigenvalue weighted by atomic mass is 32.2. The van der Waals surface area contributed by atoms with E-state index in [1.54, 1.807) is 37.3 Å². The van der Waals surface area contributed by atoms with Crippen molar-refractivity contribution >= 4 is 49.8 Å². The zero-order valence-corrected chi connectivity index (χ0v) is 17.5. The molecular weight excluding hydrogens is 408 g/mol. The first-order chi connectivity index (χ1) is 12.7. The molecule has 146 valence electrons. The van der Waals surface area contributed by atoms with Crippen LogP contribution >= 0.6 is 23.1 Å². The summed E-state index contributed by atoms with van der Waals surface area (Å²) in [5.74, 6) is 0.804. The Morgan fingerprint density at radius 2 is 2.07 bits per heavy atom. The zero-order chi connectivity index (χ0) is 20.0. The predicted molar refractivity (Wildman–Crippen MR) is 109 cm³/mol. The number of carbonyl (C=O) groups is 1. The highest BCUT2D eigenvalue weighted by Gasteiger charge is 2.18. The van der Waals surface area contributed by atoms with E-state index in [1.807, 2.05) is 0 Å². The van der Waals surface area contributed by atoms with E-state index in [0.717, 1.165) is 14.9 Å².